The van der Waals surface area contributed by atoms with Gasteiger partial charge in [0, 0.05) is 10.6 Å². The molecule has 0 saturated heterocycles. The van der Waals surface area contributed by atoms with Crippen LogP contribution in [0.1, 0.15) is 38.7 Å². The quantitative estimate of drug-likeness (QED) is 0.240. The monoisotopic (exact) mass is 558 g/mol. The number of carboxylic acid groups (broad SMARTS) is 1. The minimum Gasteiger partial charge on any atom is -0.494 e. The van der Waals surface area contributed by atoms with Crippen LogP contribution in [0.25, 0.3) is 22.6 Å². The number of nitrogens with zero attached hydrogens (tertiary/aromatic N) is 4. The van der Waals surface area contributed by atoms with Gasteiger partial charge >= 0.3 is 5.97 Å². The third-order valence-electron chi connectivity index (χ3n) is 6.48. The zero-order valence-corrected chi connectivity index (χ0v) is 22.3. The minimum absolute atomic E-state index is 0.221. The molecule has 1 atom stereocenters. The number of aliphatic carboxylic acids is 1. The van der Waals surface area contributed by atoms with Gasteiger partial charge in [0.2, 0.25) is 5.88 Å². The van der Waals surface area contributed by atoms with Crippen LogP contribution in [0.3, 0.4) is 0 Å². The Bertz CT molecular complexity index is 1500. The van der Waals surface area contributed by atoms with Gasteiger partial charge in [-0.15, -0.1) is 0 Å². The maximum absolute atomic E-state index is 14.1. The van der Waals surface area contributed by atoms with Gasteiger partial charge in [-0.25, -0.2) is 14.4 Å². The number of hydrogen-bond donors (Lipinski definition) is 1. The van der Waals surface area contributed by atoms with Crippen molar-refractivity contribution in [2.75, 3.05) is 6.61 Å². The maximum atomic E-state index is 14.1. The highest BCUT2D eigenvalue weighted by Crippen LogP contribution is 2.41. The molecule has 0 aliphatic heterocycles. The first kappa shape index (κ1) is 26.2. The number of ether oxygens (including phenoxy) is 2. The molecule has 1 aliphatic carbocycles. The number of aromatic nitrogens is 4. The molecule has 0 spiro atoms. The van der Waals surface area contributed by atoms with Crippen molar-refractivity contribution in [3.05, 3.63) is 64.2 Å². The van der Waals surface area contributed by atoms with E-state index in [1.165, 1.54) is 18.5 Å². The van der Waals surface area contributed by atoms with E-state index in [1.54, 1.807) is 31.2 Å². The fourth-order valence-corrected chi connectivity index (χ4v) is 4.49. The number of halogens is 3. The zero-order chi connectivity index (χ0) is 27.0. The Hall–Kier alpha value is -3.43. The molecule has 38 heavy (non-hydrogen) atoms. The Balaban J connectivity index is 1.53. The van der Waals surface area contributed by atoms with Crippen LogP contribution in [0.2, 0.25) is 10.0 Å². The van der Waals surface area contributed by atoms with E-state index in [2.05, 4.69) is 9.97 Å². The van der Waals surface area contributed by atoms with E-state index >= 15 is 0 Å². The van der Waals surface area contributed by atoms with Crippen molar-refractivity contribution in [1.82, 2.24) is 19.5 Å². The predicted molar refractivity (Wildman–Crippen MR) is 141 cm³/mol. The molecule has 1 fully saturated rings. The van der Waals surface area contributed by atoms with Gasteiger partial charge in [0.05, 0.1) is 24.1 Å². The molecule has 5 rings (SSSR count). The molecular weight excluding hydrogens is 534 g/mol. The van der Waals surface area contributed by atoms with Gasteiger partial charge in [0.15, 0.2) is 11.2 Å². The first-order valence-corrected chi connectivity index (χ1v) is 12.9. The Kier molecular flexibility index (Phi) is 7.15. The first-order valence-electron chi connectivity index (χ1n) is 12.1. The third kappa shape index (κ3) is 5.68. The van der Waals surface area contributed by atoms with Gasteiger partial charge in [0.1, 0.15) is 29.3 Å². The summed E-state index contributed by atoms with van der Waals surface area (Å²) < 4.78 is 27.8. The van der Waals surface area contributed by atoms with Crippen molar-refractivity contribution in [2.45, 2.75) is 45.3 Å². The zero-order valence-electron chi connectivity index (χ0n) is 20.7. The molecule has 1 N–H and O–H groups in total. The Morgan fingerprint density at radius 3 is 2.68 bits per heavy atom. The van der Waals surface area contributed by atoms with Crippen LogP contribution in [-0.2, 0) is 11.3 Å². The molecule has 11 heteroatoms. The molecule has 1 aliphatic rings. The van der Waals surface area contributed by atoms with Crippen molar-refractivity contribution in [2.24, 2.45) is 5.92 Å². The van der Waals surface area contributed by atoms with Crippen LogP contribution >= 0.6 is 23.2 Å². The Morgan fingerprint density at radius 2 is 2.00 bits per heavy atom. The number of rotatable bonds is 10. The largest absolute Gasteiger partial charge is 0.494 e. The van der Waals surface area contributed by atoms with E-state index in [0.29, 0.717) is 51.2 Å². The fourth-order valence-electron chi connectivity index (χ4n) is 3.99. The fraction of sp³-hybridized carbons (Fsp3) is 0.333. The summed E-state index contributed by atoms with van der Waals surface area (Å²) in [5.41, 5.74) is 1.91. The Labute approximate surface area is 228 Å². The van der Waals surface area contributed by atoms with Crippen LogP contribution in [0.15, 0.2) is 42.7 Å². The van der Waals surface area contributed by atoms with E-state index in [4.69, 9.17) is 42.8 Å². The second-order valence-electron chi connectivity index (χ2n) is 9.72. The van der Waals surface area contributed by atoms with E-state index in [-0.39, 0.29) is 23.8 Å². The maximum Gasteiger partial charge on any atom is 0.306 e. The number of carboxylic acids is 1. The topological polar surface area (TPSA) is 99.4 Å². The van der Waals surface area contributed by atoms with Crippen molar-refractivity contribution in [3.8, 4) is 23.0 Å². The van der Waals surface area contributed by atoms with Gasteiger partial charge in [-0.3, -0.25) is 4.79 Å². The summed E-state index contributed by atoms with van der Waals surface area (Å²) in [7, 11) is 0. The molecule has 1 unspecified atom stereocenters. The number of benzene rings is 2. The van der Waals surface area contributed by atoms with Crippen molar-refractivity contribution in [1.29, 1.82) is 0 Å². The average Bonchev–Trinajstić information content (AvgIpc) is 3.46. The van der Waals surface area contributed by atoms with Crippen LogP contribution in [0.5, 0.6) is 11.6 Å². The average molecular weight is 559 g/mol. The highest BCUT2D eigenvalue weighted by molar-refractivity contribution is 6.33. The SMILES string of the molecule is CC(CCOc1ccc(-c2nc3c(OC4(C)CC4)ncnc3n2Cc2cc(F)cc(Cl)c2)c(Cl)c1)C(=O)O. The van der Waals surface area contributed by atoms with Crippen molar-refractivity contribution in [3.63, 3.8) is 0 Å². The van der Waals surface area contributed by atoms with E-state index in [1.807, 2.05) is 11.5 Å². The molecule has 4 aromatic rings. The highest BCUT2D eigenvalue weighted by Gasteiger charge is 2.41. The highest BCUT2D eigenvalue weighted by atomic mass is 35.5. The lowest BCUT2D eigenvalue weighted by molar-refractivity contribution is -0.141. The molecular formula is C27H25Cl2FN4O4. The van der Waals surface area contributed by atoms with Gasteiger partial charge in [-0.2, -0.15) is 4.98 Å². The number of carbonyl (C=O) groups is 1. The smallest absolute Gasteiger partial charge is 0.306 e. The summed E-state index contributed by atoms with van der Waals surface area (Å²) in [6.45, 7) is 4.10. The molecule has 1 saturated carbocycles. The molecule has 2 aromatic heterocycles. The van der Waals surface area contributed by atoms with Crippen LogP contribution < -0.4 is 9.47 Å². The number of fused-ring (bicyclic) bond motifs is 1. The molecule has 2 aromatic carbocycles. The van der Waals surface area contributed by atoms with Crippen LogP contribution in [-0.4, -0.2) is 42.8 Å². The second kappa shape index (κ2) is 10.4. The number of imidazole rings is 1. The van der Waals surface area contributed by atoms with Crippen molar-refractivity contribution < 1.29 is 23.8 Å². The first-order chi connectivity index (χ1) is 18.1. The third-order valence-corrected chi connectivity index (χ3v) is 7.01. The lowest BCUT2D eigenvalue weighted by Gasteiger charge is -2.13. The standard InChI is InChI=1S/C27H25Cl2FN4O4/c1-15(26(35)36)5-8-37-19-3-4-20(21(29)12-19)23-33-22-24(31-14-32-25(22)38-27(2)6-7-27)34(23)13-16-9-17(28)11-18(30)10-16/h3-4,9-12,14-15H,5-8,13H2,1-2H3,(H,35,36). The minimum atomic E-state index is -0.873. The summed E-state index contributed by atoms with van der Waals surface area (Å²) in [5, 5.41) is 9.71. The second-order valence-corrected chi connectivity index (χ2v) is 10.6. The molecule has 0 amide bonds. The molecule has 2 heterocycles. The van der Waals surface area contributed by atoms with E-state index in [9.17, 15) is 9.18 Å². The van der Waals surface area contributed by atoms with Crippen molar-refractivity contribution >= 4 is 40.3 Å². The number of hydrogen-bond acceptors (Lipinski definition) is 6. The summed E-state index contributed by atoms with van der Waals surface area (Å²) in [6.07, 6.45) is 3.63. The van der Waals surface area contributed by atoms with Crippen LogP contribution in [0.4, 0.5) is 4.39 Å². The lowest BCUT2D eigenvalue weighted by Crippen LogP contribution is -2.13. The normalized spacial score (nSPS) is 14.9. The van der Waals surface area contributed by atoms with E-state index < -0.39 is 17.7 Å². The van der Waals surface area contributed by atoms with E-state index in [0.717, 1.165) is 12.8 Å². The van der Waals surface area contributed by atoms with Crippen LogP contribution in [0, 0.1) is 11.7 Å². The Morgan fingerprint density at radius 1 is 1.21 bits per heavy atom. The molecule has 198 valence electrons. The summed E-state index contributed by atoms with van der Waals surface area (Å²) in [5.74, 6) is -0.477. The van der Waals surface area contributed by atoms with Gasteiger partial charge < -0.3 is 19.1 Å². The van der Waals surface area contributed by atoms with Gasteiger partial charge in [-0.05, 0) is 68.1 Å². The summed E-state index contributed by atoms with van der Waals surface area (Å²) in [6, 6.07) is 9.49. The molecule has 8 nitrogen and oxygen atoms in total. The van der Waals surface area contributed by atoms with Gasteiger partial charge in [0.25, 0.3) is 0 Å². The summed E-state index contributed by atoms with van der Waals surface area (Å²) in [4.78, 5) is 24.7. The summed E-state index contributed by atoms with van der Waals surface area (Å²) >= 11 is 12.8. The lowest BCUT2D eigenvalue weighted by atomic mass is 10.1. The molecule has 0 radical (unpaired) electrons. The predicted octanol–water partition coefficient (Wildman–Crippen LogP) is 6.41. The molecule has 0 bridgehead atoms. The van der Waals surface area contributed by atoms with Gasteiger partial charge in [-0.1, -0.05) is 30.1 Å².